The first kappa shape index (κ1) is 13.7. The third-order valence-electron chi connectivity index (χ3n) is 2.83. The molecule has 0 bridgehead atoms. The first-order chi connectivity index (χ1) is 8.96. The molecule has 1 aromatic heterocycles. The molecule has 0 spiro atoms. The highest BCUT2D eigenvalue weighted by Gasteiger charge is 2.30. The van der Waals surface area contributed by atoms with E-state index in [1.54, 1.807) is 0 Å². The van der Waals surface area contributed by atoms with Crippen molar-refractivity contribution in [3.63, 3.8) is 0 Å². The number of carbonyl (C=O) groups excluding carboxylic acids is 1. The fourth-order valence-corrected chi connectivity index (χ4v) is 2.10. The van der Waals surface area contributed by atoms with Crippen LogP contribution in [0.5, 0.6) is 5.75 Å². The van der Waals surface area contributed by atoms with Gasteiger partial charge in [0.1, 0.15) is 11.4 Å². The lowest BCUT2D eigenvalue weighted by Crippen LogP contribution is -2.32. The topological polar surface area (TPSA) is 98.2 Å². The first-order valence-corrected chi connectivity index (χ1v) is 7.58. The zero-order valence-corrected chi connectivity index (χ0v) is 11.5. The molecule has 0 aromatic carbocycles. The van der Waals surface area contributed by atoms with Gasteiger partial charge in [-0.25, -0.2) is 13.1 Å². The number of ether oxygens (including phenoxy) is 1. The van der Waals surface area contributed by atoms with E-state index in [9.17, 15) is 13.2 Å². The molecule has 0 saturated heterocycles. The monoisotopic (exact) mass is 285 g/mol. The lowest BCUT2D eigenvalue weighted by atomic mass is 10.2. The van der Waals surface area contributed by atoms with Gasteiger partial charge in [0.2, 0.25) is 10.0 Å². The second kappa shape index (κ2) is 5.12. The fourth-order valence-electron chi connectivity index (χ4n) is 1.56. The smallest absolute Gasteiger partial charge is 0.285 e. The molecule has 0 aliphatic heterocycles. The summed E-state index contributed by atoms with van der Waals surface area (Å²) in [6, 6.07) is 1.42. The van der Waals surface area contributed by atoms with Gasteiger partial charge in [0, 0.05) is 12.0 Å². The second-order valence-electron chi connectivity index (χ2n) is 4.29. The van der Waals surface area contributed by atoms with Gasteiger partial charge < -0.3 is 4.74 Å². The molecule has 104 valence electrons. The van der Waals surface area contributed by atoms with Crippen LogP contribution in [0.4, 0.5) is 0 Å². The zero-order valence-electron chi connectivity index (χ0n) is 10.7. The van der Waals surface area contributed by atoms with Crippen molar-refractivity contribution in [3.8, 4) is 5.75 Å². The molecule has 7 nitrogen and oxygen atoms in total. The number of nitrogens with one attached hydrogen (secondary N) is 1. The largest absolute Gasteiger partial charge is 0.495 e. The summed E-state index contributed by atoms with van der Waals surface area (Å²) < 4.78 is 29.7. The van der Waals surface area contributed by atoms with Crippen molar-refractivity contribution in [3.05, 3.63) is 17.5 Å². The summed E-state index contributed by atoms with van der Waals surface area (Å²) in [6.45, 7) is 1.44. The Morgan fingerprint density at radius 1 is 1.47 bits per heavy atom. The molecule has 2 rings (SSSR count). The Morgan fingerprint density at radius 3 is 2.68 bits per heavy atom. The van der Waals surface area contributed by atoms with Gasteiger partial charge in [0.05, 0.1) is 12.9 Å². The molecule has 1 aliphatic carbocycles. The predicted octanol–water partition coefficient (Wildman–Crippen LogP) is 0.442. The molecule has 1 saturated carbocycles. The van der Waals surface area contributed by atoms with Crippen LogP contribution in [-0.2, 0) is 10.0 Å². The van der Waals surface area contributed by atoms with E-state index in [0.29, 0.717) is 11.7 Å². The number of amides is 1. The van der Waals surface area contributed by atoms with E-state index in [1.165, 1.54) is 20.1 Å². The van der Waals surface area contributed by atoms with Crippen LogP contribution < -0.4 is 9.46 Å². The van der Waals surface area contributed by atoms with Crippen LogP contribution in [-0.4, -0.2) is 37.4 Å². The van der Waals surface area contributed by atoms with Gasteiger partial charge in [-0.1, -0.05) is 0 Å². The van der Waals surface area contributed by atoms with Gasteiger partial charge in [0.25, 0.3) is 5.91 Å². The van der Waals surface area contributed by atoms with Crippen LogP contribution in [0.1, 0.15) is 41.9 Å². The van der Waals surface area contributed by atoms with E-state index < -0.39 is 15.9 Å². The van der Waals surface area contributed by atoms with E-state index in [1.807, 2.05) is 4.72 Å². The summed E-state index contributed by atoms with van der Waals surface area (Å²) in [7, 11) is -2.13. The van der Waals surface area contributed by atoms with Crippen molar-refractivity contribution >= 4 is 15.9 Å². The molecule has 1 N–H and O–H groups in total. The van der Waals surface area contributed by atoms with Crippen LogP contribution in [0, 0.1) is 0 Å². The molecule has 19 heavy (non-hydrogen) atoms. The highest BCUT2D eigenvalue weighted by molar-refractivity contribution is 7.90. The molecule has 0 unspecified atom stereocenters. The molecule has 1 aliphatic rings. The zero-order chi connectivity index (χ0) is 14.0. The van der Waals surface area contributed by atoms with Gasteiger partial charge in [-0.15, -0.1) is 5.10 Å². The van der Waals surface area contributed by atoms with Crippen LogP contribution >= 0.6 is 0 Å². The third kappa shape index (κ3) is 3.19. The lowest BCUT2D eigenvalue weighted by molar-refractivity contribution is 0.0975. The predicted molar refractivity (Wildman–Crippen MR) is 67.5 cm³/mol. The van der Waals surface area contributed by atoms with Crippen LogP contribution in [0.15, 0.2) is 6.07 Å². The van der Waals surface area contributed by atoms with Gasteiger partial charge in [0.15, 0.2) is 5.69 Å². The number of carbonyl (C=O) groups is 1. The number of hydrogen-bond acceptors (Lipinski definition) is 6. The standard InChI is InChI=1S/C11H15N3O4S/c1-3-19(16,17)14-11(15)8-6-9(18-2)10(13-12-8)7-4-5-7/h6-7H,3-5H2,1-2H3,(H,14,15). The Bertz CT molecular complexity index is 596. The molecule has 0 atom stereocenters. The molecule has 1 aromatic rings. The van der Waals surface area contributed by atoms with Crippen LogP contribution in [0.2, 0.25) is 0 Å². The van der Waals surface area contributed by atoms with Crippen molar-refractivity contribution in [1.29, 1.82) is 0 Å². The SMILES string of the molecule is CCS(=O)(=O)NC(=O)c1cc(OC)c(C2CC2)nn1. The first-order valence-electron chi connectivity index (χ1n) is 5.93. The fraction of sp³-hybridized carbons (Fsp3) is 0.545. The van der Waals surface area contributed by atoms with Crippen molar-refractivity contribution in [1.82, 2.24) is 14.9 Å². The number of sulfonamides is 1. The number of rotatable bonds is 5. The summed E-state index contributed by atoms with van der Waals surface area (Å²) in [5, 5.41) is 7.72. The number of nitrogens with zero attached hydrogens (tertiary/aromatic N) is 2. The van der Waals surface area contributed by atoms with E-state index >= 15 is 0 Å². The summed E-state index contributed by atoms with van der Waals surface area (Å²) in [4.78, 5) is 11.7. The molecule has 0 radical (unpaired) electrons. The van der Waals surface area contributed by atoms with E-state index in [2.05, 4.69) is 10.2 Å². The van der Waals surface area contributed by atoms with Crippen molar-refractivity contribution in [2.45, 2.75) is 25.7 Å². The Hall–Kier alpha value is -1.70. The van der Waals surface area contributed by atoms with E-state index in [0.717, 1.165) is 18.5 Å². The summed E-state index contributed by atoms with van der Waals surface area (Å²) in [6.07, 6.45) is 2.06. The third-order valence-corrected chi connectivity index (χ3v) is 4.09. The van der Waals surface area contributed by atoms with Crippen molar-refractivity contribution in [2.24, 2.45) is 0 Å². The van der Waals surface area contributed by atoms with Gasteiger partial charge in [-0.3, -0.25) is 4.79 Å². The molecule has 1 heterocycles. The Kier molecular flexibility index (Phi) is 3.70. The highest BCUT2D eigenvalue weighted by Crippen LogP contribution is 2.42. The van der Waals surface area contributed by atoms with Gasteiger partial charge in [-0.2, -0.15) is 5.10 Å². The Labute approximate surface area is 111 Å². The van der Waals surface area contributed by atoms with Crippen molar-refractivity contribution < 1.29 is 17.9 Å². The molecular formula is C11H15N3O4S. The van der Waals surface area contributed by atoms with E-state index in [-0.39, 0.29) is 11.4 Å². The van der Waals surface area contributed by atoms with Gasteiger partial charge in [-0.05, 0) is 19.8 Å². The number of aromatic nitrogens is 2. The molecule has 8 heteroatoms. The average Bonchev–Trinajstić information content (AvgIpc) is 3.21. The maximum atomic E-state index is 11.7. The minimum atomic E-state index is -3.61. The van der Waals surface area contributed by atoms with E-state index in [4.69, 9.17) is 4.74 Å². The summed E-state index contributed by atoms with van der Waals surface area (Å²) in [5.74, 6) is -0.172. The lowest BCUT2D eigenvalue weighted by Gasteiger charge is -2.08. The van der Waals surface area contributed by atoms with Crippen molar-refractivity contribution in [2.75, 3.05) is 12.9 Å². The molecule has 1 amide bonds. The minimum absolute atomic E-state index is 0.0710. The maximum absolute atomic E-state index is 11.7. The highest BCUT2D eigenvalue weighted by atomic mass is 32.2. The van der Waals surface area contributed by atoms with Crippen LogP contribution in [0.3, 0.4) is 0 Å². The number of hydrogen-bond donors (Lipinski definition) is 1. The average molecular weight is 285 g/mol. The Morgan fingerprint density at radius 2 is 2.16 bits per heavy atom. The summed E-state index contributed by atoms with van der Waals surface area (Å²) in [5.41, 5.74) is 0.649. The Balaban J connectivity index is 2.23. The number of methoxy groups -OCH3 is 1. The van der Waals surface area contributed by atoms with Crippen LogP contribution in [0.25, 0.3) is 0 Å². The summed E-state index contributed by atoms with van der Waals surface area (Å²) >= 11 is 0. The molecule has 1 fully saturated rings. The maximum Gasteiger partial charge on any atom is 0.285 e. The van der Waals surface area contributed by atoms with Gasteiger partial charge >= 0.3 is 0 Å². The molecular weight excluding hydrogens is 270 g/mol. The minimum Gasteiger partial charge on any atom is -0.495 e. The quantitative estimate of drug-likeness (QED) is 0.843. The second-order valence-corrected chi connectivity index (χ2v) is 6.30. The normalized spacial score (nSPS) is 15.1.